The van der Waals surface area contributed by atoms with Crippen molar-refractivity contribution >= 4 is 5.91 Å². The van der Waals surface area contributed by atoms with Gasteiger partial charge in [-0.05, 0) is 51.6 Å². The lowest BCUT2D eigenvalue weighted by atomic mass is 9.79. The Hall–Kier alpha value is -0.570. The number of carbonyl (C=O) groups is 1. The second-order valence-electron chi connectivity index (χ2n) is 6.82. The van der Waals surface area contributed by atoms with Crippen LogP contribution in [0.3, 0.4) is 0 Å². The van der Waals surface area contributed by atoms with Gasteiger partial charge in [-0.25, -0.2) is 0 Å². The second-order valence-corrected chi connectivity index (χ2v) is 6.82. The van der Waals surface area contributed by atoms with Gasteiger partial charge in [0, 0.05) is 11.5 Å². The molecule has 1 aliphatic carbocycles. The zero-order valence-electron chi connectivity index (χ0n) is 12.6. The summed E-state index contributed by atoms with van der Waals surface area (Å²) >= 11 is 0. The Morgan fingerprint density at radius 1 is 1.16 bits per heavy atom. The molecule has 1 saturated carbocycles. The van der Waals surface area contributed by atoms with Crippen LogP contribution in [0.1, 0.15) is 65.2 Å². The van der Waals surface area contributed by atoms with Gasteiger partial charge in [0.2, 0.25) is 5.91 Å². The Bertz CT molecular complexity index is 289. The standard InChI is InChI=1S/C16H30N2O/c1-13(14-7-5-3-4-6-8-14)18-15(19)16(2)9-11-17-12-10-16/h13-14,17H,3-12H2,1-2H3,(H,18,19)/t13-/m0/s1. The summed E-state index contributed by atoms with van der Waals surface area (Å²) < 4.78 is 0. The number of hydrogen-bond donors (Lipinski definition) is 2. The molecular formula is C16H30N2O. The van der Waals surface area contributed by atoms with Gasteiger partial charge in [-0.2, -0.15) is 0 Å². The molecule has 2 aliphatic rings. The van der Waals surface area contributed by atoms with Crippen LogP contribution in [0, 0.1) is 11.3 Å². The fraction of sp³-hybridized carbons (Fsp3) is 0.938. The normalized spacial score (nSPS) is 26.4. The topological polar surface area (TPSA) is 41.1 Å². The first-order valence-electron chi connectivity index (χ1n) is 8.13. The molecule has 0 unspecified atom stereocenters. The molecule has 110 valence electrons. The van der Waals surface area contributed by atoms with Crippen molar-refractivity contribution in [1.29, 1.82) is 0 Å². The minimum atomic E-state index is -0.149. The Kier molecular flexibility index (Phi) is 5.26. The molecule has 0 aromatic rings. The minimum Gasteiger partial charge on any atom is -0.353 e. The van der Waals surface area contributed by atoms with E-state index in [1.807, 2.05) is 0 Å². The highest BCUT2D eigenvalue weighted by Crippen LogP contribution is 2.30. The van der Waals surface area contributed by atoms with E-state index in [9.17, 15) is 4.79 Å². The van der Waals surface area contributed by atoms with Crippen LogP contribution in [0.5, 0.6) is 0 Å². The van der Waals surface area contributed by atoms with Crippen LogP contribution < -0.4 is 10.6 Å². The van der Waals surface area contributed by atoms with Crippen molar-refractivity contribution in [1.82, 2.24) is 10.6 Å². The number of amides is 1. The highest BCUT2D eigenvalue weighted by Gasteiger charge is 2.35. The summed E-state index contributed by atoms with van der Waals surface area (Å²) in [6.07, 6.45) is 9.95. The van der Waals surface area contributed by atoms with Crippen molar-refractivity contribution in [3.63, 3.8) is 0 Å². The average Bonchev–Trinajstić information content (AvgIpc) is 2.68. The molecule has 19 heavy (non-hydrogen) atoms. The van der Waals surface area contributed by atoms with E-state index < -0.39 is 0 Å². The summed E-state index contributed by atoms with van der Waals surface area (Å²) in [4.78, 5) is 12.5. The van der Waals surface area contributed by atoms with E-state index in [0.29, 0.717) is 12.0 Å². The van der Waals surface area contributed by atoms with Crippen molar-refractivity contribution in [3.8, 4) is 0 Å². The Labute approximate surface area is 117 Å². The van der Waals surface area contributed by atoms with Gasteiger partial charge >= 0.3 is 0 Å². The van der Waals surface area contributed by atoms with E-state index >= 15 is 0 Å². The quantitative estimate of drug-likeness (QED) is 0.771. The van der Waals surface area contributed by atoms with Crippen molar-refractivity contribution < 1.29 is 4.79 Å². The van der Waals surface area contributed by atoms with Gasteiger partial charge in [0.25, 0.3) is 0 Å². The second kappa shape index (κ2) is 6.74. The molecular weight excluding hydrogens is 236 g/mol. The molecule has 3 heteroatoms. The predicted molar refractivity (Wildman–Crippen MR) is 79.0 cm³/mol. The molecule has 1 heterocycles. The molecule has 0 aromatic carbocycles. The molecule has 2 N–H and O–H groups in total. The first kappa shape index (κ1) is 14.8. The maximum atomic E-state index is 12.5. The number of piperidine rings is 1. The zero-order chi connectivity index (χ0) is 13.7. The monoisotopic (exact) mass is 266 g/mol. The largest absolute Gasteiger partial charge is 0.353 e. The molecule has 0 radical (unpaired) electrons. The Morgan fingerprint density at radius 3 is 2.32 bits per heavy atom. The van der Waals surface area contributed by atoms with E-state index in [1.165, 1.54) is 38.5 Å². The van der Waals surface area contributed by atoms with Crippen LogP contribution in [-0.2, 0) is 4.79 Å². The maximum absolute atomic E-state index is 12.5. The van der Waals surface area contributed by atoms with Gasteiger partial charge in [-0.1, -0.05) is 32.6 Å². The van der Waals surface area contributed by atoms with Gasteiger partial charge in [-0.3, -0.25) is 4.79 Å². The number of nitrogens with one attached hydrogen (secondary N) is 2. The van der Waals surface area contributed by atoms with Crippen molar-refractivity contribution in [2.24, 2.45) is 11.3 Å². The smallest absolute Gasteiger partial charge is 0.226 e. The molecule has 0 spiro atoms. The lowest BCUT2D eigenvalue weighted by Gasteiger charge is -2.35. The van der Waals surface area contributed by atoms with E-state index in [0.717, 1.165) is 25.9 Å². The summed E-state index contributed by atoms with van der Waals surface area (Å²) in [6.45, 7) is 6.28. The minimum absolute atomic E-state index is 0.149. The molecule has 1 amide bonds. The number of hydrogen-bond acceptors (Lipinski definition) is 2. The van der Waals surface area contributed by atoms with Crippen LogP contribution in [0.15, 0.2) is 0 Å². The van der Waals surface area contributed by atoms with E-state index in [1.54, 1.807) is 0 Å². The average molecular weight is 266 g/mol. The van der Waals surface area contributed by atoms with Crippen LogP contribution >= 0.6 is 0 Å². The van der Waals surface area contributed by atoms with Crippen molar-refractivity contribution in [2.45, 2.75) is 71.3 Å². The van der Waals surface area contributed by atoms with E-state index in [2.05, 4.69) is 24.5 Å². The third-order valence-corrected chi connectivity index (χ3v) is 5.22. The fourth-order valence-electron chi connectivity index (χ4n) is 3.52. The Morgan fingerprint density at radius 2 is 1.74 bits per heavy atom. The molecule has 1 saturated heterocycles. The highest BCUT2D eigenvalue weighted by atomic mass is 16.2. The van der Waals surface area contributed by atoms with E-state index in [-0.39, 0.29) is 11.3 Å². The fourth-order valence-corrected chi connectivity index (χ4v) is 3.52. The molecule has 2 fully saturated rings. The Balaban J connectivity index is 1.86. The van der Waals surface area contributed by atoms with Crippen molar-refractivity contribution in [3.05, 3.63) is 0 Å². The molecule has 0 bridgehead atoms. The first-order valence-corrected chi connectivity index (χ1v) is 8.13. The third-order valence-electron chi connectivity index (χ3n) is 5.22. The van der Waals surface area contributed by atoms with E-state index in [4.69, 9.17) is 0 Å². The molecule has 1 atom stereocenters. The van der Waals surface area contributed by atoms with Gasteiger partial charge in [-0.15, -0.1) is 0 Å². The van der Waals surface area contributed by atoms with Crippen LogP contribution in [-0.4, -0.2) is 25.0 Å². The summed E-state index contributed by atoms with van der Waals surface area (Å²) in [7, 11) is 0. The lowest BCUT2D eigenvalue weighted by molar-refractivity contribution is -0.132. The summed E-state index contributed by atoms with van der Waals surface area (Å²) in [5, 5.41) is 6.66. The molecule has 1 aliphatic heterocycles. The van der Waals surface area contributed by atoms with Gasteiger partial charge < -0.3 is 10.6 Å². The lowest BCUT2D eigenvalue weighted by Crippen LogP contribution is -2.49. The summed E-state index contributed by atoms with van der Waals surface area (Å²) in [6, 6.07) is 0.345. The van der Waals surface area contributed by atoms with Crippen LogP contribution in [0.2, 0.25) is 0 Å². The molecule has 2 rings (SSSR count). The number of carbonyl (C=O) groups excluding carboxylic acids is 1. The van der Waals surface area contributed by atoms with Gasteiger partial charge in [0.15, 0.2) is 0 Å². The van der Waals surface area contributed by atoms with Crippen LogP contribution in [0.25, 0.3) is 0 Å². The van der Waals surface area contributed by atoms with Gasteiger partial charge in [0.05, 0.1) is 0 Å². The van der Waals surface area contributed by atoms with Gasteiger partial charge in [0.1, 0.15) is 0 Å². The molecule has 3 nitrogen and oxygen atoms in total. The highest BCUT2D eigenvalue weighted by molar-refractivity contribution is 5.82. The number of rotatable bonds is 3. The molecule has 0 aromatic heterocycles. The predicted octanol–water partition coefficient (Wildman–Crippen LogP) is 2.85. The van der Waals surface area contributed by atoms with Crippen LogP contribution in [0.4, 0.5) is 0 Å². The maximum Gasteiger partial charge on any atom is 0.226 e. The third kappa shape index (κ3) is 3.95. The zero-order valence-corrected chi connectivity index (χ0v) is 12.6. The van der Waals surface area contributed by atoms with Crippen molar-refractivity contribution in [2.75, 3.05) is 13.1 Å². The summed E-state index contributed by atoms with van der Waals surface area (Å²) in [5.74, 6) is 0.975. The summed E-state index contributed by atoms with van der Waals surface area (Å²) in [5.41, 5.74) is -0.149. The first-order chi connectivity index (χ1) is 9.12. The SMILES string of the molecule is C[C@H](NC(=O)C1(C)CCNCC1)C1CCCCCC1.